The molecule has 0 radical (unpaired) electrons. The normalized spacial score (nSPS) is 21.6. The fourth-order valence-electron chi connectivity index (χ4n) is 3.98. The SMILES string of the molecule is CC(C)[C@@H]1CC[C@@H](C)C[C@H]1OC(=O)c1ccc(NC(=O)c2ccccc2)c(Br)c1. The molecule has 1 aliphatic rings. The predicted octanol–water partition coefficient (Wildman–Crippen LogP) is 6.32. The first-order valence-corrected chi connectivity index (χ1v) is 11.0. The number of esters is 1. The first-order valence-electron chi connectivity index (χ1n) is 10.2. The Bertz CT molecular complexity index is 866. The highest BCUT2D eigenvalue weighted by Crippen LogP contribution is 2.36. The number of halogens is 1. The zero-order chi connectivity index (χ0) is 21.0. The van der Waals surface area contributed by atoms with Crippen molar-refractivity contribution in [1.82, 2.24) is 0 Å². The number of carbonyl (C=O) groups is 2. The van der Waals surface area contributed by atoms with Crippen molar-refractivity contribution in [3.8, 4) is 0 Å². The Morgan fingerprint density at radius 3 is 2.45 bits per heavy atom. The molecule has 1 aliphatic carbocycles. The first-order chi connectivity index (χ1) is 13.8. The van der Waals surface area contributed by atoms with Gasteiger partial charge in [0.1, 0.15) is 6.10 Å². The fourth-order valence-corrected chi connectivity index (χ4v) is 4.46. The molecule has 5 heteroatoms. The highest BCUT2D eigenvalue weighted by molar-refractivity contribution is 9.10. The summed E-state index contributed by atoms with van der Waals surface area (Å²) in [7, 11) is 0. The number of amides is 1. The average Bonchev–Trinajstić information content (AvgIpc) is 2.69. The molecule has 4 nitrogen and oxygen atoms in total. The Hall–Kier alpha value is -2.14. The summed E-state index contributed by atoms with van der Waals surface area (Å²) in [4.78, 5) is 25.1. The highest BCUT2D eigenvalue weighted by atomic mass is 79.9. The summed E-state index contributed by atoms with van der Waals surface area (Å²) in [5.74, 6) is 0.963. The quantitative estimate of drug-likeness (QED) is 0.534. The number of nitrogens with one attached hydrogen (secondary N) is 1. The van der Waals surface area contributed by atoms with Crippen molar-refractivity contribution in [2.45, 2.75) is 46.1 Å². The van der Waals surface area contributed by atoms with Gasteiger partial charge in [0.25, 0.3) is 5.91 Å². The summed E-state index contributed by atoms with van der Waals surface area (Å²) in [6.07, 6.45) is 3.17. The first kappa shape index (κ1) is 21.6. The van der Waals surface area contributed by atoms with Crippen LogP contribution in [-0.4, -0.2) is 18.0 Å². The second-order valence-corrected chi connectivity index (χ2v) is 9.14. The van der Waals surface area contributed by atoms with E-state index >= 15 is 0 Å². The molecule has 0 aromatic heterocycles. The smallest absolute Gasteiger partial charge is 0.338 e. The van der Waals surface area contributed by atoms with Gasteiger partial charge in [-0.1, -0.05) is 45.4 Å². The van der Waals surface area contributed by atoms with Gasteiger partial charge >= 0.3 is 5.97 Å². The third-order valence-electron chi connectivity index (χ3n) is 5.71. The molecule has 0 heterocycles. The van der Waals surface area contributed by atoms with E-state index in [0.717, 1.165) is 12.8 Å². The van der Waals surface area contributed by atoms with Crippen molar-refractivity contribution < 1.29 is 14.3 Å². The monoisotopic (exact) mass is 457 g/mol. The summed E-state index contributed by atoms with van der Waals surface area (Å²) in [6, 6.07) is 14.1. The third kappa shape index (κ3) is 5.47. The molecule has 0 saturated heterocycles. The van der Waals surface area contributed by atoms with Crippen LogP contribution in [0.5, 0.6) is 0 Å². The van der Waals surface area contributed by atoms with Crippen LogP contribution < -0.4 is 5.32 Å². The maximum absolute atomic E-state index is 12.8. The standard InChI is InChI=1S/C24H28BrNO3/c1-15(2)19-11-9-16(3)13-22(19)29-24(28)18-10-12-21(20(25)14-18)26-23(27)17-7-5-4-6-8-17/h4-8,10,12,14-16,19,22H,9,11,13H2,1-3H3,(H,26,27)/t16-,19+,22-/m1/s1. The Kier molecular flexibility index (Phi) is 7.12. The van der Waals surface area contributed by atoms with Gasteiger partial charge < -0.3 is 10.1 Å². The zero-order valence-electron chi connectivity index (χ0n) is 17.2. The molecule has 1 fully saturated rings. The van der Waals surface area contributed by atoms with Gasteiger partial charge in [0, 0.05) is 10.0 Å². The van der Waals surface area contributed by atoms with Gasteiger partial charge in [0.05, 0.1) is 11.3 Å². The summed E-state index contributed by atoms with van der Waals surface area (Å²) >= 11 is 3.46. The molecular weight excluding hydrogens is 430 g/mol. The Balaban J connectivity index is 1.69. The average molecular weight is 458 g/mol. The lowest BCUT2D eigenvalue weighted by atomic mass is 9.75. The molecule has 29 heavy (non-hydrogen) atoms. The molecule has 1 saturated carbocycles. The van der Waals surface area contributed by atoms with Crippen LogP contribution in [0.4, 0.5) is 5.69 Å². The molecule has 0 bridgehead atoms. The van der Waals surface area contributed by atoms with Crippen LogP contribution in [0.3, 0.4) is 0 Å². The van der Waals surface area contributed by atoms with Gasteiger partial charge in [-0.15, -0.1) is 0 Å². The van der Waals surface area contributed by atoms with Crippen molar-refractivity contribution in [2.75, 3.05) is 5.32 Å². The van der Waals surface area contributed by atoms with Crippen molar-refractivity contribution >= 4 is 33.5 Å². The van der Waals surface area contributed by atoms with E-state index < -0.39 is 0 Å². The number of hydrogen-bond donors (Lipinski definition) is 1. The molecule has 0 aliphatic heterocycles. The van der Waals surface area contributed by atoms with Gasteiger partial charge in [-0.2, -0.15) is 0 Å². The van der Waals surface area contributed by atoms with Crippen LogP contribution in [0, 0.1) is 17.8 Å². The van der Waals surface area contributed by atoms with Crippen LogP contribution in [0.15, 0.2) is 53.0 Å². The van der Waals surface area contributed by atoms with E-state index in [1.807, 2.05) is 18.2 Å². The van der Waals surface area contributed by atoms with Gasteiger partial charge in [0.2, 0.25) is 0 Å². The molecule has 0 spiro atoms. The zero-order valence-corrected chi connectivity index (χ0v) is 18.7. The molecular formula is C24H28BrNO3. The molecule has 154 valence electrons. The van der Waals surface area contributed by atoms with Crippen LogP contribution in [0.1, 0.15) is 60.7 Å². The third-order valence-corrected chi connectivity index (χ3v) is 6.36. The lowest BCUT2D eigenvalue weighted by molar-refractivity contribution is -0.0174. The van der Waals surface area contributed by atoms with E-state index in [2.05, 4.69) is 42.0 Å². The molecule has 1 N–H and O–H groups in total. The second-order valence-electron chi connectivity index (χ2n) is 8.28. The Morgan fingerprint density at radius 2 is 1.79 bits per heavy atom. The minimum atomic E-state index is -0.309. The minimum Gasteiger partial charge on any atom is -0.458 e. The molecule has 2 aromatic rings. The molecule has 0 unspecified atom stereocenters. The van der Waals surface area contributed by atoms with Gasteiger partial charge in [0.15, 0.2) is 0 Å². The topological polar surface area (TPSA) is 55.4 Å². The maximum atomic E-state index is 12.8. The van der Waals surface area contributed by atoms with E-state index in [4.69, 9.17) is 4.74 Å². The fraction of sp³-hybridized carbons (Fsp3) is 0.417. The summed E-state index contributed by atoms with van der Waals surface area (Å²) < 4.78 is 6.57. The van der Waals surface area contributed by atoms with E-state index in [9.17, 15) is 9.59 Å². The van der Waals surface area contributed by atoms with Crippen LogP contribution in [0.2, 0.25) is 0 Å². The lowest BCUT2D eigenvalue weighted by Gasteiger charge is -2.36. The van der Waals surface area contributed by atoms with Crippen molar-refractivity contribution in [3.05, 3.63) is 64.1 Å². The largest absolute Gasteiger partial charge is 0.458 e. The van der Waals surface area contributed by atoms with Crippen LogP contribution in [-0.2, 0) is 4.74 Å². The number of benzene rings is 2. The Morgan fingerprint density at radius 1 is 1.07 bits per heavy atom. The second kappa shape index (κ2) is 9.57. The van der Waals surface area contributed by atoms with Crippen molar-refractivity contribution in [2.24, 2.45) is 17.8 Å². The number of ether oxygens (including phenoxy) is 1. The highest BCUT2D eigenvalue weighted by Gasteiger charge is 2.33. The van der Waals surface area contributed by atoms with E-state index in [1.165, 1.54) is 6.42 Å². The van der Waals surface area contributed by atoms with Gasteiger partial charge in [-0.3, -0.25) is 4.79 Å². The van der Waals surface area contributed by atoms with Crippen LogP contribution in [0.25, 0.3) is 0 Å². The molecule has 2 aromatic carbocycles. The van der Waals surface area contributed by atoms with E-state index in [1.54, 1.807) is 30.3 Å². The van der Waals surface area contributed by atoms with Crippen LogP contribution >= 0.6 is 15.9 Å². The number of anilines is 1. The number of hydrogen-bond acceptors (Lipinski definition) is 3. The molecule has 3 rings (SSSR count). The summed E-state index contributed by atoms with van der Waals surface area (Å²) in [5, 5.41) is 2.86. The lowest BCUT2D eigenvalue weighted by Crippen LogP contribution is -2.35. The summed E-state index contributed by atoms with van der Waals surface area (Å²) in [5.41, 5.74) is 1.67. The number of carbonyl (C=O) groups excluding carboxylic acids is 2. The van der Waals surface area contributed by atoms with Gasteiger partial charge in [-0.05, 0) is 76.9 Å². The number of rotatable bonds is 5. The van der Waals surface area contributed by atoms with Crippen molar-refractivity contribution in [1.29, 1.82) is 0 Å². The predicted molar refractivity (Wildman–Crippen MR) is 119 cm³/mol. The Labute approximate surface area is 181 Å². The van der Waals surface area contributed by atoms with Crippen molar-refractivity contribution in [3.63, 3.8) is 0 Å². The van der Waals surface area contributed by atoms with E-state index in [-0.39, 0.29) is 18.0 Å². The van der Waals surface area contributed by atoms with E-state index in [0.29, 0.717) is 39.0 Å². The molecule has 1 amide bonds. The van der Waals surface area contributed by atoms with Gasteiger partial charge in [-0.25, -0.2) is 4.79 Å². The molecule has 3 atom stereocenters. The minimum absolute atomic E-state index is 0.0394. The maximum Gasteiger partial charge on any atom is 0.338 e. The summed E-state index contributed by atoms with van der Waals surface area (Å²) in [6.45, 7) is 6.61.